The number of nitrogens with zero attached hydrogens (tertiary/aromatic N) is 6. The molecular formula is C24H24GaN9. The zero-order chi connectivity index (χ0) is 22.6. The third-order valence-electron chi connectivity index (χ3n) is 4.22. The second kappa shape index (κ2) is 13.3. The molecule has 168 valence electrons. The van der Waals surface area contributed by atoms with Gasteiger partial charge in [-0.1, -0.05) is 18.2 Å². The van der Waals surface area contributed by atoms with E-state index in [0.29, 0.717) is 0 Å². The Bertz CT molecular complexity index is 1110. The topological polar surface area (TPSA) is 125 Å². The normalized spacial score (nSPS) is 9.53. The van der Waals surface area contributed by atoms with Crippen LogP contribution in [-0.4, -0.2) is 64.6 Å². The Balaban J connectivity index is 0.000000141. The van der Waals surface area contributed by atoms with Gasteiger partial charge in [-0.3, -0.25) is 15.0 Å². The molecular weight excluding hydrogens is 484 g/mol. The van der Waals surface area contributed by atoms with Crippen LogP contribution in [0.15, 0.2) is 110 Å². The molecule has 9 nitrogen and oxygen atoms in total. The summed E-state index contributed by atoms with van der Waals surface area (Å²) in [6.45, 7) is 0. The van der Waals surface area contributed by atoms with Crippen molar-refractivity contribution in [2.75, 3.05) is 0 Å². The van der Waals surface area contributed by atoms with Crippen molar-refractivity contribution in [2.24, 2.45) is 0 Å². The SMILES string of the molecule is [GaH3].c1ccc(-c2ncc[nH]2)nc1.c1ccc(-c2ncc[nH]2)nc1.c1ccc(-c2ncc[nH]2)nc1. The number of imidazole rings is 3. The van der Waals surface area contributed by atoms with Crippen LogP contribution in [0.3, 0.4) is 0 Å². The van der Waals surface area contributed by atoms with Crippen LogP contribution in [0.2, 0.25) is 0 Å². The van der Waals surface area contributed by atoms with E-state index in [1.54, 1.807) is 55.8 Å². The molecule has 6 aromatic rings. The van der Waals surface area contributed by atoms with Crippen molar-refractivity contribution >= 4 is 19.8 Å². The Morgan fingerprint density at radius 2 is 0.706 bits per heavy atom. The first-order valence-corrected chi connectivity index (χ1v) is 10.1. The average Bonchev–Trinajstić information content (AvgIpc) is 3.70. The van der Waals surface area contributed by atoms with E-state index in [-0.39, 0.29) is 19.8 Å². The van der Waals surface area contributed by atoms with Crippen molar-refractivity contribution in [3.05, 3.63) is 110 Å². The van der Waals surface area contributed by atoms with Gasteiger partial charge >= 0.3 is 19.8 Å². The minimum atomic E-state index is 0. The van der Waals surface area contributed by atoms with Crippen LogP contribution in [0.1, 0.15) is 0 Å². The molecule has 6 rings (SSSR count). The molecule has 0 aliphatic rings. The van der Waals surface area contributed by atoms with E-state index in [1.165, 1.54) is 0 Å². The largest absolute Gasteiger partial charge is 0.343 e. The average molecular weight is 508 g/mol. The number of H-pyrrole nitrogens is 3. The number of pyridine rings is 3. The fraction of sp³-hybridized carbons (Fsp3) is 0. The molecule has 0 spiro atoms. The third kappa shape index (κ3) is 7.12. The van der Waals surface area contributed by atoms with Crippen LogP contribution in [0.4, 0.5) is 0 Å². The van der Waals surface area contributed by atoms with Gasteiger partial charge in [0.15, 0.2) is 17.5 Å². The molecule has 0 saturated heterocycles. The summed E-state index contributed by atoms with van der Waals surface area (Å²) in [5.41, 5.74) is 2.62. The fourth-order valence-corrected chi connectivity index (χ4v) is 2.72. The third-order valence-corrected chi connectivity index (χ3v) is 4.22. The maximum atomic E-state index is 4.13. The van der Waals surface area contributed by atoms with Gasteiger partial charge in [-0.15, -0.1) is 0 Å². The fourth-order valence-electron chi connectivity index (χ4n) is 2.72. The van der Waals surface area contributed by atoms with Gasteiger partial charge in [0, 0.05) is 55.8 Å². The summed E-state index contributed by atoms with van der Waals surface area (Å²) in [6, 6.07) is 17.2. The smallest absolute Gasteiger partial charge is 0.155 e. The summed E-state index contributed by atoms with van der Waals surface area (Å²) in [5.74, 6) is 2.43. The monoisotopic (exact) mass is 507 g/mol. The second-order valence-corrected chi connectivity index (χ2v) is 6.46. The van der Waals surface area contributed by atoms with Gasteiger partial charge in [0.2, 0.25) is 0 Å². The quantitative estimate of drug-likeness (QED) is 0.316. The van der Waals surface area contributed by atoms with Gasteiger partial charge in [-0.2, -0.15) is 0 Å². The van der Waals surface area contributed by atoms with Gasteiger partial charge in [-0.25, -0.2) is 15.0 Å². The Kier molecular flexibility index (Phi) is 9.53. The maximum absolute atomic E-state index is 4.13. The second-order valence-electron chi connectivity index (χ2n) is 6.46. The minimum absolute atomic E-state index is 0. The molecule has 0 aliphatic carbocycles. The van der Waals surface area contributed by atoms with Gasteiger partial charge in [0.25, 0.3) is 0 Å². The molecule has 0 saturated carbocycles. The molecule has 0 unspecified atom stereocenters. The van der Waals surface area contributed by atoms with E-state index in [0.717, 1.165) is 34.6 Å². The van der Waals surface area contributed by atoms with E-state index in [4.69, 9.17) is 0 Å². The van der Waals surface area contributed by atoms with E-state index in [2.05, 4.69) is 44.9 Å². The first-order chi connectivity index (χ1) is 16.4. The van der Waals surface area contributed by atoms with Crippen molar-refractivity contribution in [3.63, 3.8) is 0 Å². The Morgan fingerprint density at radius 3 is 0.912 bits per heavy atom. The van der Waals surface area contributed by atoms with Crippen LogP contribution in [-0.2, 0) is 0 Å². The predicted octanol–water partition coefficient (Wildman–Crippen LogP) is 3.23. The molecule has 6 aromatic heterocycles. The van der Waals surface area contributed by atoms with Gasteiger partial charge < -0.3 is 15.0 Å². The summed E-state index contributed by atoms with van der Waals surface area (Å²) in [5, 5.41) is 0. The molecule has 0 fully saturated rings. The zero-order valence-corrected chi connectivity index (χ0v) is 17.6. The molecule has 0 amide bonds. The standard InChI is InChI=1S/3C8H7N3.Ga.3H/c3*1-2-4-9-7(3-1)8-10-5-6-11-8;;;;/h3*1-6H,(H,10,11);;;;. The molecule has 0 aromatic carbocycles. The van der Waals surface area contributed by atoms with Crippen molar-refractivity contribution in [1.29, 1.82) is 0 Å². The van der Waals surface area contributed by atoms with Gasteiger partial charge in [0.05, 0.1) is 0 Å². The first-order valence-electron chi connectivity index (χ1n) is 10.1. The summed E-state index contributed by atoms with van der Waals surface area (Å²) in [4.78, 5) is 33.5. The van der Waals surface area contributed by atoms with Crippen LogP contribution >= 0.6 is 0 Å². The summed E-state index contributed by atoms with van der Waals surface area (Å²) < 4.78 is 0. The van der Waals surface area contributed by atoms with E-state index in [9.17, 15) is 0 Å². The molecule has 3 N–H and O–H groups in total. The van der Waals surface area contributed by atoms with Gasteiger partial charge in [-0.05, 0) is 36.4 Å². The van der Waals surface area contributed by atoms with E-state index < -0.39 is 0 Å². The number of rotatable bonds is 3. The van der Waals surface area contributed by atoms with Crippen molar-refractivity contribution < 1.29 is 0 Å². The first kappa shape index (κ1) is 24.4. The summed E-state index contributed by atoms with van der Waals surface area (Å²) in [6.07, 6.45) is 15.7. The number of hydrogen-bond acceptors (Lipinski definition) is 6. The minimum Gasteiger partial charge on any atom is -0.343 e. The molecule has 6 heterocycles. The van der Waals surface area contributed by atoms with E-state index >= 15 is 0 Å². The van der Waals surface area contributed by atoms with Crippen molar-refractivity contribution in [3.8, 4) is 34.6 Å². The summed E-state index contributed by atoms with van der Waals surface area (Å²) in [7, 11) is 0. The Labute approximate surface area is 209 Å². The van der Waals surface area contributed by atoms with Crippen molar-refractivity contribution in [1.82, 2.24) is 44.9 Å². The molecule has 34 heavy (non-hydrogen) atoms. The number of aromatic amines is 3. The number of hydrogen-bond donors (Lipinski definition) is 3. The maximum Gasteiger partial charge on any atom is 0.155 e. The molecule has 10 heteroatoms. The number of aromatic nitrogens is 9. The van der Waals surface area contributed by atoms with Crippen LogP contribution < -0.4 is 0 Å². The zero-order valence-electron chi connectivity index (χ0n) is 17.6. The molecule has 0 bridgehead atoms. The molecule has 0 radical (unpaired) electrons. The molecule has 0 aliphatic heterocycles. The Hall–Kier alpha value is -4.28. The number of nitrogens with one attached hydrogen (secondary N) is 3. The molecule has 0 atom stereocenters. The predicted molar refractivity (Wildman–Crippen MR) is 135 cm³/mol. The van der Waals surface area contributed by atoms with Crippen LogP contribution in [0.5, 0.6) is 0 Å². The van der Waals surface area contributed by atoms with Gasteiger partial charge in [0.1, 0.15) is 17.1 Å². The van der Waals surface area contributed by atoms with Crippen LogP contribution in [0, 0.1) is 0 Å². The van der Waals surface area contributed by atoms with Crippen molar-refractivity contribution in [2.45, 2.75) is 0 Å². The summed E-state index contributed by atoms with van der Waals surface area (Å²) >= 11 is 0. The van der Waals surface area contributed by atoms with E-state index in [1.807, 2.05) is 54.6 Å². The Morgan fingerprint density at radius 1 is 0.382 bits per heavy atom. The van der Waals surface area contributed by atoms with Crippen LogP contribution in [0.25, 0.3) is 34.6 Å².